The third-order valence-corrected chi connectivity index (χ3v) is 2.22. The molecular formula is C11H9F2N3O2. The van der Waals surface area contributed by atoms with E-state index < -0.39 is 17.6 Å². The Morgan fingerprint density at radius 1 is 1.39 bits per heavy atom. The Morgan fingerprint density at radius 2 is 2.17 bits per heavy atom. The molecule has 0 spiro atoms. The van der Waals surface area contributed by atoms with Crippen LogP contribution in [0.25, 0.3) is 11.3 Å². The normalized spacial score (nSPS) is 10.4. The lowest BCUT2D eigenvalue weighted by Crippen LogP contribution is -2.07. The van der Waals surface area contributed by atoms with Crippen molar-refractivity contribution in [3.63, 3.8) is 0 Å². The summed E-state index contributed by atoms with van der Waals surface area (Å²) >= 11 is 0. The van der Waals surface area contributed by atoms with Gasteiger partial charge in [-0.25, -0.2) is 13.6 Å². The van der Waals surface area contributed by atoms with Crippen molar-refractivity contribution < 1.29 is 18.3 Å². The molecule has 1 heterocycles. The van der Waals surface area contributed by atoms with Crippen LogP contribution in [0.1, 0.15) is 17.4 Å². The maximum absolute atomic E-state index is 13.6. The van der Waals surface area contributed by atoms with Gasteiger partial charge in [-0.3, -0.25) is 0 Å². The zero-order chi connectivity index (χ0) is 13.1. The van der Waals surface area contributed by atoms with Gasteiger partial charge < -0.3 is 4.74 Å². The van der Waals surface area contributed by atoms with Crippen LogP contribution < -0.4 is 0 Å². The van der Waals surface area contributed by atoms with Gasteiger partial charge in [0.2, 0.25) is 0 Å². The number of nitrogens with zero attached hydrogens (tertiary/aromatic N) is 2. The summed E-state index contributed by atoms with van der Waals surface area (Å²) < 4.78 is 31.4. The first kappa shape index (κ1) is 12.2. The predicted octanol–water partition coefficient (Wildman–Crippen LogP) is 1.93. The standard InChI is InChI=1S/C11H9F2N3O2/c1-2-18-11(17)10-9(14-16-15-10)6-4-3-5-7(12)8(6)13/h3-5H,2H2,1H3,(H,14,15,16). The number of hydrogen-bond acceptors (Lipinski definition) is 4. The Bertz CT molecular complexity index is 583. The molecule has 2 aromatic rings. The second-order valence-corrected chi connectivity index (χ2v) is 3.34. The average molecular weight is 253 g/mol. The fraction of sp³-hybridized carbons (Fsp3) is 0.182. The topological polar surface area (TPSA) is 67.9 Å². The van der Waals surface area contributed by atoms with Crippen molar-refractivity contribution in [3.05, 3.63) is 35.5 Å². The number of esters is 1. The van der Waals surface area contributed by atoms with Crippen molar-refractivity contribution in [1.82, 2.24) is 15.4 Å². The number of nitrogens with one attached hydrogen (secondary N) is 1. The Hall–Kier alpha value is -2.31. The molecule has 0 amide bonds. The van der Waals surface area contributed by atoms with Crippen molar-refractivity contribution in [1.29, 1.82) is 0 Å². The lowest BCUT2D eigenvalue weighted by molar-refractivity contribution is 0.0520. The number of H-pyrrole nitrogens is 1. The van der Waals surface area contributed by atoms with Crippen molar-refractivity contribution >= 4 is 5.97 Å². The fourth-order valence-corrected chi connectivity index (χ4v) is 1.45. The molecule has 0 fully saturated rings. The van der Waals surface area contributed by atoms with E-state index in [1.54, 1.807) is 6.92 Å². The molecule has 94 valence electrons. The van der Waals surface area contributed by atoms with Gasteiger partial charge in [0.05, 0.1) is 6.61 Å². The van der Waals surface area contributed by atoms with Crippen LogP contribution >= 0.6 is 0 Å². The number of halogens is 2. The predicted molar refractivity (Wildman–Crippen MR) is 57.7 cm³/mol. The van der Waals surface area contributed by atoms with Crippen molar-refractivity contribution in [3.8, 4) is 11.3 Å². The minimum absolute atomic E-state index is 0.0783. The fourth-order valence-electron chi connectivity index (χ4n) is 1.45. The maximum Gasteiger partial charge on any atom is 0.361 e. The van der Waals surface area contributed by atoms with Gasteiger partial charge in [-0.1, -0.05) is 6.07 Å². The summed E-state index contributed by atoms with van der Waals surface area (Å²) in [5.74, 6) is -2.85. The minimum atomic E-state index is -1.09. The van der Waals surface area contributed by atoms with Crippen LogP contribution in [0, 0.1) is 11.6 Å². The van der Waals surface area contributed by atoms with E-state index in [0.717, 1.165) is 6.07 Å². The van der Waals surface area contributed by atoms with Gasteiger partial charge in [0, 0.05) is 5.56 Å². The first-order valence-corrected chi connectivity index (χ1v) is 5.17. The summed E-state index contributed by atoms with van der Waals surface area (Å²) in [4.78, 5) is 11.5. The molecule has 0 atom stereocenters. The molecule has 7 heteroatoms. The van der Waals surface area contributed by atoms with Gasteiger partial charge in [0.1, 0.15) is 5.69 Å². The number of rotatable bonds is 3. The highest BCUT2D eigenvalue weighted by Gasteiger charge is 2.22. The van der Waals surface area contributed by atoms with Gasteiger partial charge in [-0.15, -0.1) is 5.10 Å². The third-order valence-electron chi connectivity index (χ3n) is 2.22. The molecule has 0 aliphatic heterocycles. The van der Waals surface area contributed by atoms with Crippen LogP contribution in [0.3, 0.4) is 0 Å². The van der Waals surface area contributed by atoms with E-state index in [2.05, 4.69) is 15.4 Å². The third kappa shape index (κ3) is 2.06. The smallest absolute Gasteiger partial charge is 0.361 e. The average Bonchev–Trinajstić information content (AvgIpc) is 2.82. The summed E-state index contributed by atoms with van der Waals surface area (Å²) in [6, 6.07) is 3.60. The summed E-state index contributed by atoms with van der Waals surface area (Å²) in [6.07, 6.45) is 0. The number of aromatic nitrogens is 3. The second kappa shape index (κ2) is 4.91. The molecule has 0 unspecified atom stereocenters. The van der Waals surface area contributed by atoms with Crippen molar-refractivity contribution in [2.75, 3.05) is 6.61 Å². The van der Waals surface area contributed by atoms with E-state index in [0.29, 0.717) is 0 Å². The zero-order valence-corrected chi connectivity index (χ0v) is 9.41. The highest BCUT2D eigenvalue weighted by atomic mass is 19.2. The van der Waals surface area contributed by atoms with Gasteiger partial charge in [-0.05, 0) is 19.1 Å². The molecule has 0 saturated carbocycles. The van der Waals surface area contributed by atoms with E-state index in [9.17, 15) is 13.6 Å². The number of ether oxygens (including phenoxy) is 1. The highest BCUT2D eigenvalue weighted by Crippen LogP contribution is 2.24. The summed E-state index contributed by atoms with van der Waals surface area (Å²) in [5, 5.41) is 9.42. The first-order valence-electron chi connectivity index (χ1n) is 5.17. The van der Waals surface area contributed by atoms with E-state index in [1.807, 2.05) is 0 Å². The molecule has 1 aromatic carbocycles. The molecule has 2 rings (SSSR count). The van der Waals surface area contributed by atoms with Crippen LogP contribution in [-0.4, -0.2) is 28.0 Å². The molecule has 1 aromatic heterocycles. The van der Waals surface area contributed by atoms with Crippen LogP contribution in [0.2, 0.25) is 0 Å². The number of benzene rings is 1. The Morgan fingerprint density at radius 3 is 2.89 bits per heavy atom. The molecule has 5 nitrogen and oxygen atoms in total. The van der Waals surface area contributed by atoms with Crippen LogP contribution in [0.15, 0.2) is 18.2 Å². The largest absolute Gasteiger partial charge is 0.461 e. The molecular weight excluding hydrogens is 244 g/mol. The van der Waals surface area contributed by atoms with Gasteiger partial charge in [0.25, 0.3) is 0 Å². The van der Waals surface area contributed by atoms with Crippen molar-refractivity contribution in [2.24, 2.45) is 0 Å². The SMILES string of the molecule is CCOC(=O)c1n[nH]nc1-c1cccc(F)c1F. The minimum Gasteiger partial charge on any atom is -0.461 e. The maximum atomic E-state index is 13.6. The zero-order valence-electron chi connectivity index (χ0n) is 9.41. The molecule has 0 aliphatic rings. The quantitative estimate of drug-likeness (QED) is 0.848. The number of aromatic amines is 1. The lowest BCUT2D eigenvalue weighted by atomic mass is 10.1. The van der Waals surface area contributed by atoms with Crippen LogP contribution in [0.4, 0.5) is 8.78 Å². The molecule has 1 N–H and O–H groups in total. The van der Waals surface area contributed by atoms with E-state index in [1.165, 1.54) is 12.1 Å². The van der Waals surface area contributed by atoms with Crippen LogP contribution in [-0.2, 0) is 4.74 Å². The van der Waals surface area contributed by atoms with Gasteiger partial charge in [-0.2, -0.15) is 10.3 Å². The summed E-state index contributed by atoms with van der Waals surface area (Å²) in [5.41, 5.74) is -0.404. The van der Waals surface area contributed by atoms with Gasteiger partial charge in [0.15, 0.2) is 17.3 Å². The second-order valence-electron chi connectivity index (χ2n) is 3.34. The molecule has 0 aliphatic carbocycles. The molecule has 0 bridgehead atoms. The van der Waals surface area contributed by atoms with Crippen molar-refractivity contribution in [2.45, 2.75) is 6.92 Å². The molecule has 0 saturated heterocycles. The van der Waals surface area contributed by atoms with E-state index in [-0.39, 0.29) is 23.6 Å². The Balaban J connectivity index is 2.49. The Labute approximate surface area is 101 Å². The number of hydrogen-bond donors (Lipinski definition) is 1. The lowest BCUT2D eigenvalue weighted by Gasteiger charge is -2.02. The molecule has 18 heavy (non-hydrogen) atoms. The van der Waals surface area contributed by atoms with E-state index in [4.69, 9.17) is 4.74 Å². The monoisotopic (exact) mass is 253 g/mol. The molecule has 0 radical (unpaired) electrons. The summed E-state index contributed by atoms with van der Waals surface area (Å²) in [6.45, 7) is 1.77. The van der Waals surface area contributed by atoms with E-state index >= 15 is 0 Å². The highest BCUT2D eigenvalue weighted by molar-refractivity contribution is 5.93. The number of carbonyl (C=O) groups excluding carboxylic acids is 1. The van der Waals surface area contributed by atoms with Crippen LogP contribution in [0.5, 0.6) is 0 Å². The number of carbonyl (C=O) groups is 1. The first-order chi connectivity index (χ1) is 8.65. The summed E-state index contributed by atoms with van der Waals surface area (Å²) in [7, 11) is 0. The van der Waals surface area contributed by atoms with Gasteiger partial charge >= 0.3 is 5.97 Å². The Kier molecular flexibility index (Phi) is 3.31.